The third-order valence-electron chi connectivity index (χ3n) is 4.89. The van der Waals surface area contributed by atoms with Gasteiger partial charge in [-0.3, -0.25) is 4.79 Å². The van der Waals surface area contributed by atoms with Crippen LogP contribution in [0.25, 0.3) is 10.9 Å². The topological polar surface area (TPSA) is 86.0 Å². The fourth-order valence-electron chi connectivity index (χ4n) is 3.58. The lowest BCUT2D eigenvalue weighted by atomic mass is 10.2. The summed E-state index contributed by atoms with van der Waals surface area (Å²) in [4.78, 5) is 12.9. The maximum Gasteiger partial charge on any atom is 0.273 e. The Morgan fingerprint density at radius 2 is 2.07 bits per heavy atom. The molecular formula is C18H19ClN4O3S. The van der Waals surface area contributed by atoms with E-state index in [1.54, 1.807) is 27.4 Å². The van der Waals surface area contributed by atoms with E-state index in [0.717, 1.165) is 16.6 Å². The average molecular weight is 407 g/mol. The summed E-state index contributed by atoms with van der Waals surface area (Å²) < 4.78 is 27.0. The van der Waals surface area contributed by atoms with Crippen LogP contribution in [-0.2, 0) is 16.9 Å². The lowest BCUT2D eigenvalue weighted by Crippen LogP contribution is -2.21. The highest BCUT2D eigenvalue weighted by molar-refractivity contribution is 7.91. The van der Waals surface area contributed by atoms with E-state index in [-0.39, 0.29) is 23.5 Å². The van der Waals surface area contributed by atoms with Crippen molar-refractivity contribution in [2.75, 3.05) is 16.8 Å². The predicted molar refractivity (Wildman–Crippen MR) is 105 cm³/mol. The van der Waals surface area contributed by atoms with Crippen LogP contribution in [0.15, 0.2) is 30.3 Å². The number of fused-ring (bicyclic) bond motifs is 1. The van der Waals surface area contributed by atoms with Crippen LogP contribution in [0.3, 0.4) is 0 Å². The number of aromatic nitrogens is 3. The van der Waals surface area contributed by atoms with Crippen molar-refractivity contribution >= 4 is 44.1 Å². The van der Waals surface area contributed by atoms with Crippen LogP contribution in [0, 0.1) is 6.92 Å². The highest BCUT2D eigenvalue weighted by Gasteiger charge is 2.31. The number of carbonyl (C=O) groups excluding carboxylic acids is 1. The van der Waals surface area contributed by atoms with Crippen molar-refractivity contribution < 1.29 is 13.2 Å². The number of amides is 1. The van der Waals surface area contributed by atoms with E-state index in [4.69, 9.17) is 11.6 Å². The van der Waals surface area contributed by atoms with Gasteiger partial charge in [0.25, 0.3) is 5.91 Å². The predicted octanol–water partition coefficient (Wildman–Crippen LogP) is 2.95. The van der Waals surface area contributed by atoms with Crippen LogP contribution in [0.5, 0.6) is 0 Å². The van der Waals surface area contributed by atoms with Crippen LogP contribution >= 0.6 is 11.6 Å². The van der Waals surface area contributed by atoms with Gasteiger partial charge in [-0.25, -0.2) is 13.1 Å². The Balaban J connectivity index is 1.65. The second kappa shape index (κ2) is 6.38. The average Bonchev–Trinajstić information content (AvgIpc) is 3.23. The fraction of sp³-hybridized carbons (Fsp3) is 0.333. The van der Waals surface area contributed by atoms with Gasteiger partial charge in [0.2, 0.25) is 0 Å². The van der Waals surface area contributed by atoms with E-state index < -0.39 is 9.84 Å². The zero-order chi connectivity index (χ0) is 19.3. The molecule has 7 nitrogen and oxygen atoms in total. The highest BCUT2D eigenvalue weighted by atomic mass is 35.5. The van der Waals surface area contributed by atoms with E-state index in [2.05, 4.69) is 10.4 Å². The van der Waals surface area contributed by atoms with E-state index in [1.807, 2.05) is 26.1 Å². The summed E-state index contributed by atoms with van der Waals surface area (Å²) in [6.07, 6.45) is 0.499. The van der Waals surface area contributed by atoms with Crippen molar-refractivity contribution in [3.05, 3.63) is 46.7 Å². The first-order chi connectivity index (χ1) is 12.7. The minimum absolute atomic E-state index is 0.0452. The van der Waals surface area contributed by atoms with E-state index >= 15 is 0 Å². The molecule has 4 rings (SSSR count). The molecule has 9 heteroatoms. The van der Waals surface area contributed by atoms with Crippen LogP contribution in [0.1, 0.15) is 28.6 Å². The summed E-state index contributed by atoms with van der Waals surface area (Å²) in [5.41, 5.74) is 2.10. The molecule has 1 atom stereocenters. The first kappa shape index (κ1) is 18.1. The smallest absolute Gasteiger partial charge is 0.273 e. The van der Waals surface area contributed by atoms with Gasteiger partial charge in [0, 0.05) is 29.0 Å². The number of halogens is 1. The third-order valence-corrected chi connectivity index (χ3v) is 6.88. The Bertz CT molecular complexity index is 1160. The molecule has 0 radical (unpaired) electrons. The van der Waals surface area contributed by atoms with Gasteiger partial charge >= 0.3 is 0 Å². The molecule has 1 aliphatic rings. The van der Waals surface area contributed by atoms with Crippen molar-refractivity contribution in [3.63, 3.8) is 0 Å². The Labute approximate surface area is 161 Å². The molecule has 0 spiro atoms. The van der Waals surface area contributed by atoms with E-state index in [0.29, 0.717) is 23.0 Å². The normalized spacial score (nSPS) is 18.9. The third kappa shape index (κ3) is 3.35. The molecular weight excluding hydrogens is 388 g/mol. The fourth-order valence-corrected chi connectivity index (χ4v) is 5.45. The molecule has 1 aliphatic heterocycles. The molecule has 1 aromatic carbocycles. The molecule has 1 amide bonds. The van der Waals surface area contributed by atoms with Gasteiger partial charge < -0.3 is 9.88 Å². The Morgan fingerprint density at radius 3 is 2.78 bits per heavy atom. The number of sulfone groups is 1. The molecule has 1 N–H and O–H groups in total. The van der Waals surface area contributed by atoms with Gasteiger partial charge in [-0.2, -0.15) is 5.10 Å². The highest BCUT2D eigenvalue weighted by Crippen LogP contribution is 2.28. The molecule has 1 fully saturated rings. The number of anilines is 1. The largest absolute Gasteiger partial charge is 0.340 e. The minimum atomic E-state index is -3.05. The molecule has 0 bridgehead atoms. The van der Waals surface area contributed by atoms with Crippen molar-refractivity contribution in [3.8, 4) is 0 Å². The quantitative estimate of drug-likeness (QED) is 0.724. The van der Waals surface area contributed by atoms with Gasteiger partial charge in [0.1, 0.15) is 11.5 Å². The van der Waals surface area contributed by atoms with E-state index in [1.165, 1.54) is 0 Å². The van der Waals surface area contributed by atoms with Gasteiger partial charge in [-0.1, -0.05) is 11.6 Å². The number of nitrogens with one attached hydrogen (secondary N) is 1. The van der Waals surface area contributed by atoms with Crippen LogP contribution in [0.4, 0.5) is 5.82 Å². The van der Waals surface area contributed by atoms with Crippen LogP contribution in [-0.4, -0.2) is 40.2 Å². The van der Waals surface area contributed by atoms with Gasteiger partial charge in [0.15, 0.2) is 9.84 Å². The van der Waals surface area contributed by atoms with Gasteiger partial charge in [0.05, 0.1) is 23.2 Å². The summed E-state index contributed by atoms with van der Waals surface area (Å²) in [6, 6.07) is 8.74. The lowest BCUT2D eigenvalue weighted by molar-refractivity contribution is 0.101. The summed E-state index contributed by atoms with van der Waals surface area (Å²) >= 11 is 6.04. The standard InChI is InChI=1S/C18H19ClN4O3S/c1-11-7-17(23(21-11)14-5-6-27(25,26)10-14)20-18(24)16-9-12-8-13(19)3-4-15(12)22(16)2/h3-4,7-9,14H,5-6,10H2,1-2H3,(H,20,24)/t14-/m1/s1. The van der Waals surface area contributed by atoms with Gasteiger partial charge in [-0.15, -0.1) is 0 Å². The summed E-state index contributed by atoms with van der Waals surface area (Å²) in [5.74, 6) is 0.409. The Kier molecular flexibility index (Phi) is 4.27. The van der Waals surface area contributed by atoms with Crippen molar-refractivity contribution in [1.82, 2.24) is 14.3 Å². The Morgan fingerprint density at radius 1 is 1.30 bits per heavy atom. The minimum Gasteiger partial charge on any atom is -0.340 e. The molecule has 142 valence electrons. The number of benzene rings is 1. The number of hydrogen-bond donors (Lipinski definition) is 1. The molecule has 0 saturated carbocycles. The number of nitrogens with zero attached hydrogens (tertiary/aromatic N) is 3. The molecule has 1 saturated heterocycles. The van der Waals surface area contributed by atoms with Crippen molar-refractivity contribution in [1.29, 1.82) is 0 Å². The first-order valence-electron chi connectivity index (χ1n) is 8.56. The number of aryl methyl sites for hydroxylation is 2. The van der Waals surface area contributed by atoms with Crippen LogP contribution in [0.2, 0.25) is 5.02 Å². The molecule has 27 heavy (non-hydrogen) atoms. The zero-order valence-corrected chi connectivity index (χ0v) is 16.5. The number of hydrogen-bond acceptors (Lipinski definition) is 4. The maximum absolute atomic E-state index is 12.9. The number of rotatable bonds is 3. The Hall–Kier alpha value is -2.32. The molecule has 2 aromatic heterocycles. The van der Waals surface area contributed by atoms with E-state index in [9.17, 15) is 13.2 Å². The van der Waals surface area contributed by atoms with Gasteiger partial charge in [-0.05, 0) is 37.6 Å². The zero-order valence-electron chi connectivity index (χ0n) is 14.9. The maximum atomic E-state index is 12.9. The summed E-state index contributed by atoms with van der Waals surface area (Å²) in [6.45, 7) is 1.81. The van der Waals surface area contributed by atoms with Crippen molar-refractivity contribution in [2.45, 2.75) is 19.4 Å². The summed E-state index contributed by atoms with van der Waals surface area (Å²) in [5, 5.41) is 8.76. The second-order valence-corrected chi connectivity index (χ2v) is 9.58. The SMILES string of the molecule is Cc1cc(NC(=O)c2cc3cc(Cl)ccc3n2C)n([C@@H]2CCS(=O)(=O)C2)n1. The molecule has 0 aliphatic carbocycles. The molecule has 0 unspecified atom stereocenters. The molecule has 3 aromatic rings. The summed E-state index contributed by atoms with van der Waals surface area (Å²) in [7, 11) is -1.23. The first-order valence-corrected chi connectivity index (χ1v) is 10.8. The molecule has 3 heterocycles. The number of carbonyl (C=O) groups is 1. The van der Waals surface area contributed by atoms with Crippen LogP contribution < -0.4 is 5.32 Å². The lowest BCUT2D eigenvalue weighted by Gasteiger charge is -2.14. The second-order valence-electron chi connectivity index (χ2n) is 6.92. The van der Waals surface area contributed by atoms with Crippen molar-refractivity contribution in [2.24, 2.45) is 7.05 Å². The monoisotopic (exact) mass is 406 g/mol.